The predicted molar refractivity (Wildman–Crippen MR) is 81.3 cm³/mol. The topological polar surface area (TPSA) is 23.6 Å². The maximum Gasteiger partial charge on any atom is 0.227 e. The van der Waals surface area contributed by atoms with E-state index >= 15 is 0 Å². The zero-order valence-electron chi connectivity index (χ0n) is 11.7. The fourth-order valence-corrected chi connectivity index (χ4v) is 2.83. The number of carbonyl (C=O) groups is 1. The Labute approximate surface area is 123 Å². The number of likely N-dealkylation sites (N-methyl/N-ethyl adjacent to an activating group) is 1. The highest BCUT2D eigenvalue weighted by atomic mass is 79.9. The SMILES string of the molecule is CCN1CCN(C(=O)Cc2cc(Br)ccc2C)CC1. The van der Waals surface area contributed by atoms with E-state index in [2.05, 4.69) is 46.8 Å². The molecule has 1 heterocycles. The lowest BCUT2D eigenvalue weighted by atomic mass is 10.1. The molecule has 0 aromatic heterocycles. The second kappa shape index (κ2) is 6.53. The lowest BCUT2D eigenvalue weighted by Gasteiger charge is -2.34. The quantitative estimate of drug-likeness (QED) is 0.852. The highest BCUT2D eigenvalue weighted by molar-refractivity contribution is 9.10. The molecule has 0 radical (unpaired) electrons. The number of rotatable bonds is 3. The van der Waals surface area contributed by atoms with Crippen LogP contribution in [0.25, 0.3) is 0 Å². The van der Waals surface area contributed by atoms with Crippen LogP contribution in [0.2, 0.25) is 0 Å². The number of aryl methyl sites for hydroxylation is 1. The molecule has 0 saturated carbocycles. The number of halogens is 1. The Morgan fingerprint density at radius 1 is 1.26 bits per heavy atom. The second-order valence-corrected chi connectivity index (χ2v) is 5.98. The number of amides is 1. The molecule has 1 amide bonds. The van der Waals surface area contributed by atoms with Crippen LogP contribution in [-0.2, 0) is 11.2 Å². The summed E-state index contributed by atoms with van der Waals surface area (Å²) in [6.07, 6.45) is 0.511. The van der Waals surface area contributed by atoms with Crippen molar-refractivity contribution in [2.24, 2.45) is 0 Å². The molecule has 19 heavy (non-hydrogen) atoms. The molecule has 0 aliphatic carbocycles. The van der Waals surface area contributed by atoms with E-state index in [1.54, 1.807) is 0 Å². The molecule has 1 saturated heterocycles. The van der Waals surface area contributed by atoms with Crippen molar-refractivity contribution >= 4 is 21.8 Å². The summed E-state index contributed by atoms with van der Waals surface area (Å²) in [6.45, 7) is 9.03. The molecule has 0 bridgehead atoms. The molecule has 0 spiro atoms. The van der Waals surface area contributed by atoms with Crippen molar-refractivity contribution in [2.75, 3.05) is 32.7 Å². The van der Waals surface area contributed by atoms with Gasteiger partial charge in [-0.25, -0.2) is 0 Å². The Morgan fingerprint density at radius 3 is 2.58 bits per heavy atom. The highest BCUT2D eigenvalue weighted by Crippen LogP contribution is 2.17. The largest absolute Gasteiger partial charge is 0.340 e. The average molecular weight is 325 g/mol. The monoisotopic (exact) mass is 324 g/mol. The van der Waals surface area contributed by atoms with Gasteiger partial charge in [-0.1, -0.05) is 28.9 Å². The molecule has 1 aliphatic heterocycles. The van der Waals surface area contributed by atoms with E-state index in [0.29, 0.717) is 6.42 Å². The zero-order chi connectivity index (χ0) is 13.8. The van der Waals surface area contributed by atoms with E-state index in [1.165, 1.54) is 5.56 Å². The summed E-state index contributed by atoms with van der Waals surface area (Å²) in [7, 11) is 0. The summed E-state index contributed by atoms with van der Waals surface area (Å²) in [4.78, 5) is 16.7. The first-order chi connectivity index (χ1) is 9.10. The number of piperazine rings is 1. The van der Waals surface area contributed by atoms with E-state index < -0.39 is 0 Å². The first-order valence-corrected chi connectivity index (χ1v) is 7.64. The Kier molecular flexibility index (Phi) is 4.99. The van der Waals surface area contributed by atoms with Gasteiger partial charge in [0, 0.05) is 30.7 Å². The molecule has 0 unspecified atom stereocenters. The van der Waals surface area contributed by atoms with Gasteiger partial charge in [-0.15, -0.1) is 0 Å². The Morgan fingerprint density at radius 2 is 1.95 bits per heavy atom. The minimum absolute atomic E-state index is 0.247. The van der Waals surface area contributed by atoms with Gasteiger partial charge in [0.1, 0.15) is 0 Å². The third-order valence-electron chi connectivity index (χ3n) is 3.83. The highest BCUT2D eigenvalue weighted by Gasteiger charge is 2.20. The van der Waals surface area contributed by atoms with E-state index in [1.807, 2.05) is 11.0 Å². The summed E-state index contributed by atoms with van der Waals surface area (Å²) in [5, 5.41) is 0. The van der Waals surface area contributed by atoms with Gasteiger partial charge in [-0.3, -0.25) is 4.79 Å². The molecular formula is C15H21BrN2O. The molecule has 1 aliphatic rings. The minimum atomic E-state index is 0.247. The second-order valence-electron chi connectivity index (χ2n) is 5.06. The van der Waals surface area contributed by atoms with Crippen molar-refractivity contribution in [1.29, 1.82) is 0 Å². The summed E-state index contributed by atoms with van der Waals surface area (Å²) in [5.41, 5.74) is 2.31. The predicted octanol–water partition coefficient (Wildman–Crippen LogP) is 2.46. The van der Waals surface area contributed by atoms with E-state index in [-0.39, 0.29) is 5.91 Å². The van der Waals surface area contributed by atoms with Crippen molar-refractivity contribution < 1.29 is 4.79 Å². The fourth-order valence-electron chi connectivity index (χ4n) is 2.42. The van der Waals surface area contributed by atoms with Gasteiger partial charge in [-0.05, 0) is 36.7 Å². The average Bonchev–Trinajstić information content (AvgIpc) is 2.43. The molecule has 1 aromatic rings. The van der Waals surface area contributed by atoms with Crippen LogP contribution in [0.5, 0.6) is 0 Å². The molecule has 0 N–H and O–H groups in total. The standard InChI is InChI=1S/C15H21BrN2O/c1-3-17-6-8-18(9-7-17)15(19)11-13-10-14(16)5-4-12(13)2/h4-5,10H,3,6-9,11H2,1-2H3. The Balaban J connectivity index is 1.96. The molecule has 3 nitrogen and oxygen atoms in total. The van der Waals surface area contributed by atoms with Gasteiger partial charge < -0.3 is 9.80 Å². The van der Waals surface area contributed by atoms with Crippen LogP contribution >= 0.6 is 15.9 Å². The van der Waals surface area contributed by atoms with Crippen LogP contribution in [0, 0.1) is 6.92 Å². The number of hydrogen-bond acceptors (Lipinski definition) is 2. The van der Waals surface area contributed by atoms with Crippen molar-refractivity contribution in [3.8, 4) is 0 Å². The summed E-state index contributed by atoms with van der Waals surface area (Å²) >= 11 is 3.47. The maximum atomic E-state index is 12.3. The van der Waals surface area contributed by atoms with Gasteiger partial charge in [0.2, 0.25) is 5.91 Å². The van der Waals surface area contributed by atoms with Crippen molar-refractivity contribution in [2.45, 2.75) is 20.3 Å². The third kappa shape index (κ3) is 3.80. The van der Waals surface area contributed by atoms with Crippen LogP contribution < -0.4 is 0 Å². The number of nitrogens with zero attached hydrogens (tertiary/aromatic N) is 2. The van der Waals surface area contributed by atoms with Crippen molar-refractivity contribution in [3.63, 3.8) is 0 Å². The van der Waals surface area contributed by atoms with Gasteiger partial charge in [0.25, 0.3) is 0 Å². The summed E-state index contributed by atoms with van der Waals surface area (Å²) < 4.78 is 1.04. The van der Waals surface area contributed by atoms with E-state index in [9.17, 15) is 4.79 Å². The van der Waals surface area contributed by atoms with Crippen molar-refractivity contribution in [3.05, 3.63) is 33.8 Å². The van der Waals surface area contributed by atoms with E-state index in [4.69, 9.17) is 0 Å². The molecular weight excluding hydrogens is 304 g/mol. The molecule has 4 heteroatoms. The first kappa shape index (κ1) is 14.5. The summed E-state index contributed by atoms with van der Waals surface area (Å²) in [6, 6.07) is 6.13. The number of hydrogen-bond donors (Lipinski definition) is 0. The molecule has 1 aromatic carbocycles. The lowest BCUT2D eigenvalue weighted by Crippen LogP contribution is -2.48. The van der Waals surface area contributed by atoms with Crippen LogP contribution in [0.3, 0.4) is 0 Å². The van der Waals surface area contributed by atoms with Gasteiger partial charge >= 0.3 is 0 Å². The normalized spacial score (nSPS) is 16.7. The van der Waals surface area contributed by atoms with Crippen LogP contribution in [-0.4, -0.2) is 48.4 Å². The van der Waals surface area contributed by atoms with Crippen LogP contribution in [0.15, 0.2) is 22.7 Å². The summed E-state index contributed by atoms with van der Waals surface area (Å²) in [5.74, 6) is 0.247. The minimum Gasteiger partial charge on any atom is -0.340 e. The molecule has 1 fully saturated rings. The number of benzene rings is 1. The van der Waals surface area contributed by atoms with Crippen LogP contribution in [0.4, 0.5) is 0 Å². The first-order valence-electron chi connectivity index (χ1n) is 6.85. The lowest BCUT2D eigenvalue weighted by molar-refractivity contribution is -0.132. The van der Waals surface area contributed by atoms with Gasteiger partial charge in [0.05, 0.1) is 6.42 Å². The zero-order valence-corrected chi connectivity index (χ0v) is 13.2. The van der Waals surface area contributed by atoms with Crippen LogP contribution in [0.1, 0.15) is 18.1 Å². The number of carbonyl (C=O) groups excluding carboxylic acids is 1. The smallest absolute Gasteiger partial charge is 0.227 e. The van der Waals surface area contributed by atoms with Gasteiger partial charge in [0.15, 0.2) is 0 Å². The molecule has 0 atom stereocenters. The van der Waals surface area contributed by atoms with Crippen molar-refractivity contribution in [1.82, 2.24) is 9.80 Å². The van der Waals surface area contributed by atoms with Gasteiger partial charge in [-0.2, -0.15) is 0 Å². The molecule has 2 rings (SSSR count). The Hall–Kier alpha value is -0.870. The maximum absolute atomic E-state index is 12.3. The van der Waals surface area contributed by atoms with E-state index in [0.717, 1.165) is 42.8 Å². The fraction of sp³-hybridized carbons (Fsp3) is 0.533. The third-order valence-corrected chi connectivity index (χ3v) is 4.32. The Bertz CT molecular complexity index is 453. The molecule has 104 valence electrons.